The lowest BCUT2D eigenvalue weighted by Crippen LogP contribution is -2.54. The molecule has 47 heavy (non-hydrogen) atoms. The van der Waals surface area contributed by atoms with E-state index in [9.17, 15) is 28.1 Å². The van der Waals surface area contributed by atoms with E-state index >= 15 is 0 Å². The smallest absolute Gasteiger partial charge is 0.325 e. The fourth-order valence-electron chi connectivity index (χ4n) is 5.67. The van der Waals surface area contributed by atoms with Crippen LogP contribution >= 0.6 is 0 Å². The van der Waals surface area contributed by atoms with E-state index in [1.807, 2.05) is 13.0 Å². The Balaban J connectivity index is 1.99. The van der Waals surface area contributed by atoms with Crippen LogP contribution < -0.4 is 16.2 Å². The number of rotatable bonds is 18. The number of carbonyl (C=O) groups excluding carboxylic acids is 2. The number of sulfonamides is 1. The summed E-state index contributed by atoms with van der Waals surface area (Å²) in [5, 5.41) is 11.5. The van der Waals surface area contributed by atoms with Crippen molar-refractivity contribution in [2.24, 2.45) is 16.5 Å². The molecule has 1 atom stereocenters. The number of nitrogens with two attached hydrogens (primary N) is 2. The van der Waals surface area contributed by atoms with Crippen molar-refractivity contribution in [2.45, 2.75) is 88.2 Å². The lowest BCUT2D eigenvalue weighted by molar-refractivity contribution is -0.625. The molecule has 0 saturated heterocycles. The highest BCUT2D eigenvalue weighted by atomic mass is 32.2. The predicted molar refractivity (Wildman–Crippen MR) is 176 cm³/mol. The fourth-order valence-corrected chi connectivity index (χ4v) is 7.11. The van der Waals surface area contributed by atoms with Crippen LogP contribution in [0.4, 0.5) is 0 Å². The van der Waals surface area contributed by atoms with E-state index in [2.05, 4.69) is 4.99 Å². The summed E-state index contributed by atoms with van der Waals surface area (Å²) < 4.78 is 39.2. The third-order valence-corrected chi connectivity index (χ3v) is 9.82. The zero-order valence-corrected chi connectivity index (χ0v) is 27.9. The Labute approximate surface area is 276 Å². The molecule has 15 heteroatoms. The van der Waals surface area contributed by atoms with Gasteiger partial charge in [0.25, 0.3) is 5.91 Å². The molecule has 14 nitrogen and oxygen atoms in total. The van der Waals surface area contributed by atoms with Crippen molar-refractivity contribution >= 4 is 27.9 Å². The molecular weight excluding hydrogens is 628 g/mol. The van der Waals surface area contributed by atoms with Gasteiger partial charge in [0.15, 0.2) is 17.0 Å². The number of nitrogens with zero attached hydrogens (tertiary/aromatic N) is 4. The number of nitro groups is 1. The standard InChI is InChI=1S/C32H46N6O8S/c1-3-4-20-36(22-30(39)46-23-24-12-7-5-8-13-24)31(40)28(16-11-19-35-32(33)34)37(38(41)42)47(43,44)26-17-18-29(45-2)27(21-26)25-14-9-6-10-15-25/h5,7-8,12-13,17-18,21,25,28H,3-4,6,9-11,14-16,19-20,22-23H2,1-2H3,(H4,33,34,35)/t28-/m0/s1. The first-order chi connectivity index (χ1) is 22.5. The van der Waals surface area contributed by atoms with Crippen LogP contribution in [0.5, 0.6) is 5.75 Å². The van der Waals surface area contributed by atoms with Crippen molar-refractivity contribution in [1.82, 2.24) is 9.31 Å². The van der Waals surface area contributed by atoms with Crippen molar-refractivity contribution in [2.75, 3.05) is 26.7 Å². The van der Waals surface area contributed by atoms with E-state index in [0.29, 0.717) is 24.2 Å². The quantitative estimate of drug-likeness (QED) is 0.0586. The summed E-state index contributed by atoms with van der Waals surface area (Å²) in [5.74, 6) is -1.33. The number of methoxy groups -OCH3 is 1. The van der Waals surface area contributed by atoms with Gasteiger partial charge in [-0.25, -0.2) is 10.1 Å². The largest absolute Gasteiger partial charge is 0.496 e. The maximum atomic E-state index is 14.1. The Morgan fingerprint density at radius 3 is 2.40 bits per heavy atom. The van der Waals surface area contributed by atoms with Gasteiger partial charge in [0.1, 0.15) is 18.9 Å². The monoisotopic (exact) mass is 674 g/mol. The maximum Gasteiger partial charge on any atom is 0.325 e. The van der Waals surface area contributed by atoms with E-state index in [0.717, 1.165) is 42.6 Å². The topological polar surface area (TPSA) is 201 Å². The van der Waals surface area contributed by atoms with E-state index in [1.165, 1.54) is 25.3 Å². The molecule has 0 heterocycles. The number of hydrogen-bond donors (Lipinski definition) is 2. The molecular formula is C32H46N6O8S. The number of amides is 1. The lowest BCUT2D eigenvalue weighted by atomic mass is 9.84. The zero-order chi connectivity index (χ0) is 34.4. The average Bonchev–Trinajstić information content (AvgIpc) is 3.06. The third-order valence-electron chi connectivity index (χ3n) is 8.09. The average molecular weight is 675 g/mol. The number of hydrazine groups is 1. The lowest BCUT2D eigenvalue weighted by Gasteiger charge is -2.29. The van der Waals surface area contributed by atoms with Gasteiger partial charge in [0.2, 0.25) is 0 Å². The van der Waals surface area contributed by atoms with Gasteiger partial charge in [-0.2, -0.15) is 8.42 Å². The summed E-state index contributed by atoms with van der Waals surface area (Å²) in [6, 6.07) is 11.3. The van der Waals surface area contributed by atoms with Crippen LogP contribution in [0.3, 0.4) is 0 Å². The van der Waals surface area contributed by atoms with Crippen LogP contribution in [0, 0.1) is 10.1 Å². The minimum atomic E-state index is -4.88. The van der Waals surface area contributed by atoms with Crippen LogP contribution in [0.25, 0.3) is 0 Å². The molecule has 1 aliphatic rings. The molecule has 258 valence electrons. The summed E-state index contributed by atoms with van der Waals surface area (Å²) in [6.07, 6.45) is 5.54. The van der Waals surface area contributed by atoms with Crippen molar-refractivity contribution in [3.05, 3.63) is 69.8 Å². The van der Waals surface area contributed by atoms with E-state index in [-0.39, 0.29) is 53.7 Å². The molecule has 0 unspecified atom stereocenters. The van der Waals surface area contributed by atoms with Crippen molar-refractivity contribution in [3.8, 4) is 5.75 Å². The molecule has 1 aliphatic carbocycles. The van der Waals surface area contributed by atoms with Gasteiger partial charge in [-0.05, 0) is 67.3 Å². The number of esters is 1. The number of unbranched alkanes of at least 4 members (excludes halogenated alkanes) is 1. The number of aliphatic imine (C=N–C) groups is 1. The Morgan fingerprint density at radius 1 is 1.09 bits per heavy atom. The van der Waals surface area contributed by atoms with E-state index in [1.54, 1.807) is 24.3 Å². The fraction of sp³-hybridized carbons (Fsp3) is 0.531. The second-order valence-electron chi connectivity index (χ2n) is 11.5. The molecule has 0 spiro atoms. The van der Waals surface area contributed by atoms with Gasteiger partial charge in [0.05, 0.1) is 12.0 Å². The van der Waals surface area contributed by atoms with Crippen LogP contribution in [0.2, 0.25) is 0 Å². The summed E-state index contributed by atoms with van der Waals surface area (Å²) in [6.45, 7) is 1.38. The highest BCUT2D eigenvalue weighted by Crippen LogP contribution is 2.39. The second-order valence-corrected chi connectivity index (χ2v) is 13.3. The normalized spacial score (nSPS) is 14.1. The SMILES string of the molecule is CCCCN(CC(=O)OCc1ccccc1)C(=O)[C@H](CCCN=C(N)N)N([N+](=O)[O-])S(=O)(=O)c1ccc(OC)c(C2CCCCC2)c1. The predicted octanol–water partition coefficient (Wildman–Crippen LogP) is 3.72. The summed E-state index contributed by atoms with van der Waals surface area (Å²) in [5.41, 5.74) is 12.2. The summed E-state index contributed by atoms with van der Waals surface area (Å²) >= 11 is 0. The van der Waals surface area contributed by atoms with Gasteiger partial charge in [-0.3, -0.25) is 14.6 Å². The molecule has 0 aliphatic heterocycles. The Kier molecular flexibility index (Phi) is 14.2. The Hall–Kier alpha value is -4.40. The number of carbonyl (C=O) groups is 2. The Bertz CT molecular complexity index is 1480. The first-order valence-electron chi connectivity index (χ1n) is 15.9. The zero-order valence-electron chi connectivity index (χ0n) is 27.1. The Morgan fingerprint density at radius 2 is 1.79 bits per heavy atom. The maximum absolute atomic E-state index is 14.1. The van der Waals surface area contributed by atoms with Crippen molar-refractivity contribution in [1.29, 1.82) is 0 Å². The first kappa shape index (κ1) is 37.1. The molecule has 1 fully saturated rings. The molecule has 0 radical (unpaired) electrons. The molecule has 2 aromatic rings. The highest BCUT2D eigenvalue weighted by Gasteiger charge is 2.46. The highest BCUT2D eigenvalue weighted by molar-refractivity contribution is 7.89. The molecule has 4 N–H and O–H groups in total. The van der Waals surface area contributed by atoms with Crippen molar-refractivity contribution < 1.29 is 32.5 Å². The molecule has 2 aromatic carbocycles. The van der Waals surface area contributed by atoms with Gasteiger partial charge in [-0.15, -0.1) is 0 Å². The van der Waals surface area contributed by atoms with Gasteiger partial charge in [-0.1, -0.05) is 62.9 Å². The van der Waals surface area contributed by atoms with E-state index in [4.69, 9.17) is 20.9 Å². The molecule has 0 bridgehead atoms. The first-order valence-corrected chi connectivity index (χ1v) is 17.3. The summed E-state index contributed by atoms with van der Waals surface area (Å²) in [4.78, 5) is 44.3. The molecule has 3 rings (SSSR count). The molecule has 0 aromatic heterocycles. The van der Waals surface area contributed by atoms with Gasteiger partial charge >= 0.3 is 16.0 Å². The number of benzene rings is 2. The van der Waals surface area contributed by atoms with Crippen LogP contribution in [-0.2, 0) is 31.0 Å². The number of hydrogen-bond acceptors (Lipinski definition) is 9. The molecule has 1 saturated carbocycles. The third kappa shape index (κ3) is 10.6. The molecule has 1 amide bonds. The van der Waals surface area contributed by atoms with Gasteiger partial charge < -0.3 is 25.8 Å². The van der Waals surface area contributed by atoms with E-state index < -0.39 is 39.5 Å². The minimum absolute atomic E-state index is 0.000155. The summed E-state index contributed by atoms with van der Waals surface area (Å²) in [7, 11) is -3.40. The van der Waals surface area contributed by atoms with Crippen LogP contribution in [0.1, 0.15) is 81.8 Å². The van der Waals surface area contributed by atoms with Gasteiger partial charge in [0, 0.05) is 17.5 Å². The second kappa shape index (κ2) is 18.1. The van der Waals surface area contributed by atoms with Crippen LogP contribution in [0.15, 0.2) is 58.4 Å². The minimum Gasteiger partial charge on any atom is -0.496 e. The van der Waals surface area contributed by atoms with Crippen molar-refractivity contribution in [3.63, 3.8) is 0 Å². The number of guanidine groups is 1. The number of ether oxygens (including phenoxy) is 2. The van der Waals surface area contributed by atoms with Crippen LogP contribution in [-0.4, -0.2) is 73.4 Å².